The Balaban J connectivity index is 1.68. The molecule has 0 spiro atoms. The molecule has 0 saturated heterocycles. The first-order valence-electron chi connectivity index (χ1n) is 11.9. The van der Waals surface area contributed by atoms with Crippen LogP contribution in [0, 0.1) is 0 Å². The number of rotatable bonds is 4. The first kappa shape index (κ1) is 21.1. The Kier molecular flexibility index (Phi) is 4.49. The molecule has 0 saturated carbocycles. The highest BCUT2D eigenvalue weighted by Crippen LogP contribution is 2.65. The lowest BCUT2D eigenvalue weighted by atomic mass is 9.55. The van der Waals surface area contributed by atoms with Crippen LogP contribution in [0.5, 0.6) is 23.8 Å². The van der Waals surface area contributed by atoms with Gasteiger partial charge >= 0.3 is 12.0 Å². The van der Waals surface area contributed by atoms with Crippen molar-refractivity contribution < 1.29 is 18.9 Å². The minimum Gasteiger partial charge on any atom is -0.481 e. The average Bonchev–Trinajstić information content (AvgIpc) is 2.92. The van der Waals surface area contributed by atoms with E-state index in [4.69, 9.17) is 28.9 Å². The summed E-state index contributed by atoms with van der Waals surface area (Å²) in [6.45, 7) is 0. The van der Waals surface area contributed by atoms with Crippen molar-refractivity contribution in [1.29, 1.82) is 0 Å². The van der Waals surface area contributed by atoms with E-state index in [1.807, 2.05) is 0 Å². The number of hydrogen-bond acceptors (Lipinski definition) is 8. The summed E-state index contributed by atoms with van der Waals surface area (Å²) in [7, 11) is 6.45. The van der Waals surface area contributed by atoms with Crippen molar-refractivity contribution in [2.45, 2.75) is 23.7 Å². The van der Waals surface area contributed by atoms with Gasteiger partial charge in [-0.3, -0.25) is 0 Å². The van der Waals surface area contributed by atoms with Crippen molar-refractivity contribution >= 4 is 0 Å². The van der Waals surface area contributed by atoms with Gasteiger partial charge in [0, 0.05) is 34.8 Å². The Morgan fingerprint density at radius 3 is 1.17 bits per heavy atom. The Labute approximate surface area is 208 Å². The summed E-state index contributed by atoms with van der Waals surface area (Å²) in [5, 5.41) is 0. The molecule has 36 heavy (non-hydrogen) atoms. The van der Waals surface area contributed by atoms with Gasteiger partial charge in [-0.25, -0.2) is 0 Å². The van der Waals surface area contributed by atoms with E-state index in [9.17, 15) is 0 Å². The van der Waals surface area contributed by atoms with E-state index in [-0.39, 0.29) is 35.7 Å². The quantitative estimate of drug-likeness (QED) is 0.430. The zero-order valence-corrected chi connectivity index (χ0v) is 20.4. The molecule has 0 amide bonds. The van der Waals surface area contributed by atoms with Crippen molar-refractivity contribution in [1.82, 2.24) is 19.9 Å². The van der Waals surface area contributed by atoms with Crippen LogP contribution < -0.4 is 18.9 Å². The molecule has 2 aromatic carbocycles. The molecule has 4 atom stereocenters. The van der Waals surface area contributed by atoms with Crippen molar-refractivity contribution in [2.24, 2.45) is 0 Å². The molecule has 0 N–H and O–H groups in total. The number of nitrogens with zero attached hydrogens (tertiary/aromatic N) is 4. The lowest BCUT2D eigenvalue weighted by Gasteiger charge is -2.48. The number of ether oxygens (including phenoxy) is 4. The van der Waals surface area contributed by atoms with E-state index >= 15 is 0 Å². The molecule has 0 aliphatic heterocycles. The number of hydrogen-bond donors (Lipinski definition) is 0. The largest absolute Gasteiger partial charge is 0.481 e. The first-order valence-corrected chi connectivity index (χ1v) is 11.9. The van der Waals surface area contributed by atoms with Crippen LogP contribution in [-0.2, 0) is 0 Å². The molecule has 8 nitrogen and oxygen atoms in total. The molecule has 4 bridgehead atoms. The van der Waals surface area contributed by atoms with Crippen molar-refractivity contribution in [3.8, 4) is 23.8 Å². The summed E-state index contributed by atoms with van der Waals surface area (Å²) < 4.78 is 22.8. The SMILES string of the molecule is COc1nc(OC)c2c(n1)[C@@H]1c3ccccc3[C@H]2[C@@H]2c3ccccc3[C@H]1c1c(OC)nc(OC)nc12. The van der Waals surface area contributed by atoms with E-state index < -0.39 is 0 Å². The molecule has 8 heteroatoms. The molecule has 10 rings (SSSR count). The molecule has 0 radical (unpaired) electrons. The zero-order valence-electron chi connectivity index (χ0n) is 20.4. The number of methoxy groups -OCH3 is 4. The minimum absolute atomic E-state index is 0.140. The van der Waals surface area contributed by atoms with Crippen LogP contribution >= 0.6 is 0 Å². The topological polar surface area (TPSA) is 88.5 Å². The fourth-order valence-electron chi connectivity index (χ4n) is 6.57. The third kappa shape index (κ3) is 2.58. The van der Waals surface area contributed by atoms with Gasteiger partial charge in [-0.2, -0.15) is 19.9 Å². The summed E-state index contributed by atoms with van der Waals surface area (Å²) in [5.74, 6) is 0.481. The Morgan fingerprint density at radius 2 is 0.833 bits per heavy atom. The highest BCUT2D eigenvalue weighted by Gasteiger charge is 2.54. The van der Waals surface area contributed by atoms with Gasteiger partial charge in [0.15, 0.2) is 0 Å². The van der Waals surface area contributed by atoms with Crippen LogP contribution in [0.15, 0.2) is 48.5 Å². The van der Waals surface area contributed by atoms with E-state index in [2.05, 4.69) is 58.5 Å². The van der Waals surface area contributed by atoms with Gasteiger partial charge in [0.05, 0.1) is 39.8 Å². The maximum absolute atomic E-state index is 5.88. The summed E-state index contributed by atoms with van der Waals surface area (Å²) in [5.41, 5.74) is 8.70. The van der Waals surface area contributed by atoms with Crippen LogP contribution in [0.25, 0.3) is 0 Å². The fraction of sp³-hybridized carbons (Fsp3) is 0.286. The highest BCUT2D eigenvalue weighted by molar-refractivity contribution is 5.68. The predicted octanol–water partition coefficient (Wildman–Crippen LogP) is 4.17. The van der Waals surface area contributed by atoms with Crippen molar-refractivity contribution in [2.75, 3.05) is 28.4 Å². The second-order valence-electron chi connectivity index (χ2n) is 9.21. The zero-order chi connectivity index (χ0) is 24.6. The van der Waals surface area contributed by atoms with Gasteiger partial charge < -0.3 is 18.9 Å². The average molecular weight is 481 g/mol. The van der Waals surface area contributed by atoms with E-state index in [1.54, 1.807) is 28.4 Å². The molecule has 0 fully saturated rings. The van der Waals surface area contributed by atoms with E-state index in [0.717, 1.165) is 22.5 Å². The Hall–Kier alpha value is -4.20. The maximum atomic E-state index is 5.88. The smallest absolute Gasteiger partial charge is 0.319 e. The maximum Gasteiger partial charge on any atom is 0.319 e. The van der Waals surface area contributed by atoms with Gasteiger partial charge in [-0.1, -0.05) is 48.5 Å². The summed E-state index contributed by atoms with van der Waals surface area (Å²) in [6.07, 6.45) is 0. The second-order valence-corrected chi connectivity index (χ2v) is 9.21. The lowest BCUT2D eigenvalue weighted by Crippen LogP contribution is -2.37. The van der Waals surface area contributed by atoms with E-state index in [0.29, 0.717) is 11.8 Å². The van der Waals surface area contributed by atoms with Gasteiger partial charge in [0.1, 0.15) is 0 Å². The monoisotopic (exact) mass is 480 g/mol. The molecule has 0 unspecified atom stereocenters. The van der Waals surface area contributed by atoms with Crippen LogP contribution in [0.3, 0.4) is 0 Å². The Bertz CT molecular complexity index is 1420. The van der Waals surface area contributed by atoms with Crippen LogP contribution in [0.1, 0.15) is 68.4 Å². The van der Waals surface area contributed by atoms with Gasteiger partial charge in [-0.05, 0) is 22.3 Å². The normalized spacial score (nSPS) is 21.9. The van der Waals surface area contributed by atoms with E-state index in [1.165, 1.54) is 22.3 Å². The Morgan fingerprint density at radius 1 is 0.472 bits per heavy atom. The van der Waals surface area contributed by atoms with Crippen LogP contribution in [0.4, 0.5) is 0 Å². The number of aromatic nitrogens is 4. The van der Waals surface area contributed by atoms with Crippen molar-refractivity contribution in [3.05, 3.63) is 93.3 Å². The molecule has 2 aromatic heterocycles. The third-order valence-corrected chi connectivity index (χ3v) is 7.80. The molecule has 6 aliphatic carbocycles. The van der Waals surface area contributed by atoms with Crippen LogP contribution in [-0.4, -0.2) is 48.4 Å². The number of benzene rings is 2. The summed E-state index contributed by atoms with van der Waals surface area (Å²) in [4.78, 5) is 19.1. The highest BCUT2D eigenvalue weighted by atomic mass is 16.5. The van der Waals surface area contributed by atoms with Gasteiger partial charge in [0.25, 0.3) is 0 Å². The third-order valence-electron chi connectivity index (χ3n) is 7.80. The first-order chi connectivity index (χ1) is 17.7. The second kappa shape index (κ2) is 7.65. The lowest BCUT2D eigenvalue weighted by molar-refractivity contribution is 0.328. The molecule has 4 aromatic rings. The molecule has 6 aliphatic rings. The van der Waals surface area contributed by atoms with Gasteiger partial charge in [-0.15, -0.1) is 0 Å². The minimum atomic E-state index is -0.148. The molecule has 2 heterocycles. The van der Waals surface area contributed by atoms with Gasteiger partial charge in [0.2, 0.25) is 11.8 Å². The summed E-state index contributed by atoms with van der Waals surface area (Å²) >= 11 is 0. The fourth-order valence-corrected chi connectivity index (χ4v) is 6.57. The summed E-state index contributed by atoms with van der Waals surface area (Å²) in [6, 6.07) is 17.8. The van der Waals surface area contributed by atoms with Crippen molar-refractivity contribution in [3.63, 3.8) is 0 Å². The molecular formula is C28H24N4O4. The standard InChI is InChI=1S/C28H24N4O4/c1-33-25-21-17-13-9-5-7-11-15(13)20(23(21)29-27(31-25)35-3)18-14-10-6-8-12-16(14)19(17)24-22(18)26(34-2)32-28(30-24)36-4/h5-12,17-20H,1-4H3/t17-,18+,19-,20+. The molecular weight excluding hydrogens is 456 g/mol. The predicted molar refractivity (Wildman–Crippen MR) is 131 cm³/mol. The molecule has 180 valence electrons. The van der Waals surface area contributed by atoms with Crippen LogP contribution in [0.2, 0.25) is 0 Å².